The lowest BCUT2D eigenvalue weighted by Crippen LogP contribution is -2.51. The third-order valence-corrected chi connectivity index (χ3v) is 3.60. The molecule has 1 aliphatic heterocycles. The van der Waals surface area contributed by atoms with Crippen LogP contribution in [-0.4, -0.2) is 35.6 Å². The van der Waals surface area contributed by atoms with Gasteiger partial charge in [-0.1, -0.05) is 24.3 Å². The number of amides is 1. The zero-order valence-corrected chi connectivity index (χ0v) is 10.3. The summed E-state index contributed by atoms with van der Waals surface area (Å²) in [6.45, 7) is 1.25. The number of hydrogen-bond acceptors (Lipinski definition) is 2. The van der Waals surface area contributed by atoms with Crippen LogP contribution in [0.4, 0.5) is 4.39 Å². The van der Waals surface area contributed by atoms with E-state index in [4.69, 9.17) is 5.11 Å². The Morgan fingerprint density at radius 2 is 1.89 bits per heavy atom. The second kappa shape index (κ2) is 4.63. The second-order valence-electron chi connectivity index (χ2n) is 4.90. The molecule has 0 unspecified atom stereocenters. The molecule has 2 aromatic carbocycles. The van der Waals surface area contributed by atoms with Crippen molar-refractivity contribution >= 4 is 16.7 Å². The fourth-order valence-corrected chi connectivity index (χ4v) is 2.47. The molecule has 1 fully saturated rings. The van der Waals surface area contributed by atoms with Crippen LogP contribution in [0, 0.1) is 11.7 Å². The van der Waals surface area contributed by atoms with Crippen LogP contribution in [0.25, 0.3) is 10.8 Å². The quantitative estimate of drug-likeness (QED) is 0.896. The van der Waals surface area contributed by atoms with Gasteiger partial charge in [-0.25, -0.2) is 4.39 Å². The van der Waals surface area contributed by atoms with Crippen molar-refractivity contribution in [3.8, 4) is 0 Å². The first kappa shape index (κ1) is 12.1. The molecule has 1 heterocycles. The Hall–Kier alpha value is -1.94. The first-order valence-electron chi connectivity index (χ1n) is 6.28. The summed E-state index contributed by atoms with van der Waals surface area (Å²) in [6, 6.07) is 9.85. The lowest BCUT2D eigenvalue weighted by molar-refractivity contribution is 0.0364. The molecule has 3 nitrogen and oxygen atoms in total. The van der Waals surface area contributed by atoms with Gasteiger partial charge in [-0.05, 0) is 17.5 Å². The first-order valence-corrected chi connectivity index (χ1v) is 6.28. The SMILES string of the molecule is O=C(c1ccc(F)c2ccccc12)N1CC(CO)C1. The predicted molar refractivity (Wildman–Crippen MR) is 70.4 cm³/mol. The van der Waals surface area contributed by atoms with Crippen molar-refractivity contribution in [1.29, 1.82) is 0 Å². The molecular formula is C15H14FNO2. The minimum Gasteiger partial charge on any atom is -0.396 e. The van der Waals surface area contributed by atoms with Crippen LogP contribution in [0.5, 0.6) is 0 Å². The maximum absolute atomic E-state index is 13.7. The van der Waals surface area contributed by atoms with Crippen LogP contribution in [0.3, 0.4) is 0 Å². The largest absolute Gasteiger partial charge is 0.396 e. The van der Waals surface area contributed by atoms with Crippen LogP contribution < -0.4 is 0 Å². The van der Waals surface area contributed by atoms with Crippen molar-refractivity contribution < 1.29 is 14.3 Å². The van der Waals surface area contributed by atoms with Gasteiger partial charge >= 0.3 is 0 Å². The summed E-state index contributed by atoms with van der Waals surface area (Å²) in [5, 5.41) is 10.1. The third kappa shape index (κ3) is 1.98. The summed E-state index contributed by atoms with van der Waals surface area (Å²) in [7, 11) is 0. The van der Waals surface area contributed by atoms with Crippen molar-refractivity contribution in [1.82, 2.24) is 4.90 Å². The average Bonchev–Trinajstić information content (AvgIpc) is 2.38. The number of aliphatic hydroxyl groups is 1. The number of benzene rings is 2. The fourth-order valence-electron chi connectivity index (χ4n) is 2.47. The highest BCUT2D eigenvalue weighted by Gasteiger charge is 2.31. The minimum atomic E-state index is -0.316. The summed E-state index contributed by atoms with van der Waals surface area (Å²) in [4.78, 5) is 14.0. The van der Waals surface area contributed by atoms with Crippen molar-refractivity contribution in [2.45, 2.75) is 0 Å². The molecule has 0 aliphatic carbocycles. The molecule has 2 aromatic rings. The Balaban J connectivity index is 1.97. The Morgan fingerprint density at radius 1 is 1.21 bits per heavy atom. The van der Waals surface area contributed by atoms with E-state index in [-0.39, 0.29) is 24.2 Å². The number of nitrogens with zero attached hydrogens (tertiary/aromatic N) is 1. The Bertz CT molecular complexity index is 635. The van der Waals surface area contributed by atoms with Gasteiger partial charge in [-0.2, -0.15) is 0 Å². The summed E-state index contributed by atoms with van der Waals surface area (Å²) < 4.78 is 13.7. The number of carbonyl (C=O) groups is 1. The van der Waals surface area contributed by atoms with Gasteiger partial charge in [-0.3, -0.25) is 4.79 Å². The molecule has 0 saturated carbocycles. The van der Waals surface area contributed by atoms with Gasteiger partial charge in [0, 0.05) is 36.6 Å². The van der Waals surface area contributed by atoms with Crippen LogP contribution >= 0.6 is 0 Å². The molecule has 1 saturated heterocycles. The molecular weight excluding hydrogens is 245 g/mol. The Morgan fingerprint density at radius 3 is 2.58 bits per heavy atom. The first-order chi connectivity index (χ1) is 9.20. The highest BCUT2D eigenvalue weighted by molar-refractivity contribution is 6.07. The molecule has 0 radical (unpaired) electrons. The zero-order chi connectivity index (χ0) is 13.4. The number of fused-ring (bicyclic) bond motifs is 1. The molecule has 98 valence electrons. The zero-order valence-electron chi connectivity index (χ0n) is 10.3. The van der Waals surface area contributed by atoms with Crippen LogP contribution in [0.15, 0.2) is 36.4 Å². The summed E-state index contributed by atoms with van der Waals surface area (Å²) in [5.74, 6) is -0.236. The molecule has 1 aliphatic rings. The maximum Gasteiger partial charge on any atom is 0.254 e. The van der Waals surface area contributed by atoms with Crippen LogP contribution in [0.1, 0.15) is 10.4 Å². The number of halogens is 1. The molecule has 0 bridgehead atoms. The Labute approximate surface area is 110 Å². The van der Waals surface area contributed by atoms with Gasteiger partial charge < -0.3 is 10.0 Å². The normalized spacial score (nSPS) is 15.6. The molecule has 3 rings (SSSR count). The van der Waals surface area contributed by atoms with Gasteiger partial charge in [0.25, 0.3) is 5.91 Å². The van der Waals surface area contributed by atoms with Crippen molar-refractivity contribution in [2.75, 3.05) is 19.7 Å². The monoisotopic (exact) mass is 259 g/mol. The highest BCUT2D eigenvalue weighted by atomic mass is 19.1. The molecule has 1 N–H and O–H groups in total. The van der Waals surface area contributed by atoms with Gasteiger partial charge in [-0.15, -0.1) is 0 Å². The predicted octanol–water partition coefficient (Wildman–Crippen LogP) is 2.04. The molecule has 4 heteroatoms. The van der Waals surface area contributed by atoms with Gasteiger partial charge in [0.05, 0.1) is 0 Å². The van der Waals surface area contributed by atoms with E-state index in [1.165, 1.54) is 12.1 Å². The molecule has 0 atom stereocenters. The number of hydrogen-bond donors (Lipinski definition) is 1. The third-order valence-electron chi connectivity index (χ3n) is 3.60. The van der Waals surface area contributed by atoms with Crippen LogP contribution in [0.2, 0.25) is 0 Å². The van der Waals surface area contributed by atoms with E-state index in [2.05, 4.69) is 0 Å². The van der Waals surface area contributed by atoms with Gasteiger partial charge in [0.15, 0.2) is 0 Å². The number of rotatable bonds is 2. The van der Waals surface area contributed by atoms with Gasteiger partial charge in [0.2, 0.25) is 0 Å². The molecule has 0 aromatic heterocycles. The maximum atomic E-state index is 13.7. The topological polar surface area (TPSA) is 40.5 Å². The van der Waals surface area contributed by atoms with E-state index >= 15 is 0 Å². The van der Waals surface area contributed by atoms with E-state index in [0.717, 1.165) is 0 Å². The fraction of sp³-hybridized carbons (Fsp3) is 0.267. The number of carbonyl (C=O) groups excluding carboxylic acids is 1. The van der Waals surface area contributed by atoms with Crippen molar-refractivity contribution in [3.63, 3.8) is 0 Å². The summed E-state index contributed by atoms with van der Waals surface area (Å²) >= 11 is 0. The average molecular weight is 259 g/mol. The summed E-state index contributed by atoms with van der Waals surface area (Å²) in [5.41, 5.74) is 0.522. The molecule has 1 amide bonds. The second-order valence-corrected chi connectivity index (χ2v) is 4.90. The van der Waals surface area contributed by atoms with Crippen molar-refractivity contribution in [3.05, 3.63) is 47.8 Å². The smallest absolute Gasteiger partial charge is 0.254 e. The van der Waals surface area contributed by atoms with E-state index in [1.807, 2.05) is 0 Å². The van der Waals surface area contributed by atoms with Gasteiger partial charge in [0.1, 0.15) is 5.82 Å². The van der Waals surface area contributed by atoms with E-state index in [0.29, 0.717) is 29.4 Å². The summed E-state index contributed by atoms with van der Waals surface area (Å²) in [6.07, 6.45) is 0. The van der Waals surface area contributed by atoms with E-state index < -0.39 is 0 Å². The molecule has 0 spiro atoms. The minimum absolute atomic E-state index is 0.0964. The standard InChI is InChI=1S/C15H14FNO2/c16-14-6-5-13(11-3-1-2-4-12(11)14)15(19)17-7-10(8-17)9-18/h1-6,10,18H,7-9H2. The lowest BCUT2D eigenvalue weighted by Gasteiger charge is -2.38. The van der Waals surface area contributed by atoms with E-state index in [9.17, 15) is 9.18 Å². The Kier molecular flexibility index (Phi) is 2.95. The van der Waals surface area contributed by atoms with Crippen LogP contribution in [-0.2, 0) is 0 Å². The number of likely N-dealkylation sites (tertiary alicyclic amines) is 1. The lowest BCUT2D eigenvalue weighted by atomic mass is 9.97. The molecule has 19 heavy (non-hydrogen) atoms. The highest BCUT2D eigenvalue weighted by Crippen LogP contribution is 2.25. The van der Waals surface area contributed by atoms with E-state index in [1.54, 1.807) is 29.2 Å². The number of aliphatic hydroxyl groups excluding tert-OH is 1. The van der Waals surface area contributed by atoms with Crippen molar-refractivity contribution in [2.24, 2.45) is 5.92 Å².